The Balaban J connectivity index is 1.70. The molecular formula is C31H32N2O3. The number of ketones is 1. The number of fused-ring (bicyclic) bond motifs is 2. The van der Waals surface area contributed by atoms with E-state index in [4.69, 9.17) is 4.74 Å². The van der Waals surface area contributed by atoms with Crippen LogP contribution >= 0.6 is 0 Å². The Morgan fingerprint density at radius 2 is 1.61 bits per heavy atom. The van der Waals surface area contributed by atoms with Crippen molar-refractivity contribution in [1.82, 2.24) is 9.88 Å². The zero-order valence-corrected chi connectivity index (χ0v) is 21.9. The number of carbonyl (C=O) groups is 2. The van der Waals surface area contributed by atoms with Crippen molar-refractivity contribution < 1.29 is 14.3 Å². The zero-order chi connectivity index (χ0) is 25.9. The SMILES string of the molecule is COC(=O)C1=C(C)NC2=C(C(=O)c3ccccc32)[C@@H]1c1cc(C)n(-c2ccc(C(C)(C)C)cc2)c1C. The van der Waals surface area contributed by atoms with Gasteiger partial charge < -0.3 is 14.6 Å². The van der Waals surface area contributed by atoms with Crippen molar-refractivity contribution in [2.75, 3.05) is 7.11 Å². The number of esters is 1. The number of hydrogen-bond acceptors (Lipinski definition) is 4. The lowest BCUT2D eigenvalue weighted by atomic mass is 9.79. The topological polar surface area (TPSA) is 60.3 Å². The first-order valence-electron chi connectivity index (χ1n) is 12.3. The molecule has 0 unspecified atom stereocenters. The number of allylic oxidation sites excluding steroid dienone is 2. The molecule has 1 aliphatic carbocycles. The summed E-state index contributed by atoms with van der Waals surface area (Å²) in [5.41, 5.74) is 9.44. The molecular weight excluding hydrogens is 448 g/mol. The number of aromatic nitrogens is 1. The van der Waals surface area contributed by atoms with E-state index >= 15 is 0 Å². The average Bonchev–Trinajstić information content (AvgIpc) is 3.30. The first kappa shape index (κ1) is 23.9. The fraction of sp³-hybridized carbons (Fsp3) is 0.290. The van der Waals surface area contributed by atoms with Crippen LogP contribution < -0.4 is 5.32 Å². The molecule has 184 valence electrons. The average molecular weight is 481 g/mol. The summed E-state index contributed by atoms with van der Waals surface area (Å²) in [4.78, 5) is 26.8. The van der Waals surface area contributed by atoms with Gasteiger partial charge in [0.15, 0.2) is 5.78 Å². The number of nitrogens with one attached hydrogen (secondary N) is 1. The molecule has 5 nitrogen and oxygen atoms in total. The first-order chi connectivity index (χ1) is 17.0. The summed E-state index contributed by atoms with van der Waals surface area (Å²) >= 11 is 0. The van der Waals surface area contributed by atoms with Gasteiger partial charge in [-0.05, 0) is 55.5 Å². The minimum atomic E-state index is -0.526. The number of ether oxygens (including phenoxy) is 1. The highest BCUT2D eigenvalue weighted by atomic mass is 16.5. The van der Waals surface area contributed by atoms with Crippen molar-refractivity contribution in [1.29, 1.82) is 0 Å². The minimum absolute atomic E-state index is 0.0497. The fourth-order valence-corrected chi connectivity index (χ4v) is 5.61. The van der Waals surface area contributed by atoms with Crippen LogP contribution in [-0.2, 0) is 14.9 Å². The number of Topliss-reactive ketones (excluding diaryl/α,β-unsaturated/α-hetero) is 1. The highest BCUT2D eigenvalue weighted by Crippen LogP contribution is 2.48. The molecule has 0 saturated carbocycles. The van der Waals surface area contributed by atoms with Crippen LogP contribution in [0.25, 0.3) is 11.4 Å². The molecule has 3 aromatic rings. The van der Waals surface area contributed by atoms with E-state index in [-0.39, 0.29) is 11.2 Å². The van der Waals surface area contributed by atoms with Gasteiger partial charge in [-0.2, -0.15) is 0 Å². The van der Waals surface area contributed by atoms with Crippen LogP contribution in [0.4, 0.5) is 0 Å². The lowest BCUT2D eigenvalue weighted by Gasteiger charge is -2.29. The largest absolute Gasteiger partial charge is 0.466 e. The van der Waals surface area contributed by atoms with Gasteiger partial charge >= 0.3 is 5.97 Å². The van der Waals surface area contributed by atoms with Crippen LogP contribution in [-0.4, -0.2) is 23.4 Å². The predicted octanol–water partition coefficient (Wildman–Crippen LogP) is 6.13. The van der Waals surface area contributed by atoms with E-state index in [1.165, 1.54) is 12.7 Å². The van der Waals surface area contributed by atoms with Gasteiger partial charge in [-0.15, -0.1) is 0 Å². The molecule has 36 heavy (non-hydrogen) atoms. The molecule has 2 heterocycles. The number of hydrogen-bond donors (Lipinski definition) is 1. The highest BCUT2D eigenvalue weighted by molar-refractivity contribution is 6.23. The van der Waals surface area contributed by atoms with Crippen LogP contribution in [0.1, 0.15) is 72.0 Å². The van der Waals surface area contributed by atoms with Gasteiger partial charge in [0.25, 0.3) is 0 Å². The molecule has 1 atom stereocenters. The van der Waals surface area contributed by atoms with Gasteiger partial charge in [-0.1, -0.05) is 57.2 Å². The predicted molar refractivity (Wildman–Crippen MR) is 142 cm³/mol. The van der Waals surface area contributed by atoms with Crippen molar-refractivity contribution in [3.63, 3.8) is 0 Å². The van der Waals surface area contributed by atoms with Crippen molar-refractivity contribution in [3.05, 3.63) is 105 Å². The fourth-order valence-electron chi connectivity index (χ4n) is 5.61. The van der Waals surface area contributed by atoms with E-state index in [1.807, 2.05) is 31.2 Å². The third kappa shape index (κ3) is 3.53. The molecule has 0 spiro atoms. The number of dihydropyridines is 1. The number of methoxy groups -OCH3 is 1. The van der Waals surface area contributed by atoms with Gasteiger partial charge in [0.05, 0.1) is 24.3 Å². The first-order valence-corrected chi connectivity index (χ1v) is 12.3. The smallest absolute Gasteiger partial charge is 0.336 e. The Morgan fingerprint density at radius 3 is 2.22 bits per heavy atom. The quantitative estimate of drug-likeness (QED) is 0.458. The van der Waals surface area contributed by atoms with E-state index in [1.54, 1.807) is 0 Å². The molecule has 0 saturated heterocycles. The second kappa shape index (κ2) is 8.37. The summed E-state index contributed by atoms with van der Waals surface area (Å²) in [6.45, 7) is 12.6. The molecule has 0 fully saturated rings. The number of aryl methyl sites for hydroxylation is 1. The maximum atomic E-state index is 13.7. The van der Waals surface area contributed by atoms with Gasteiger partial charge in [0.1, 0.15) is 0 Å². The maximum Gasteiger partial charge on any atom is 0.336 e. The van der Waals surface area contributed by atoms with E-state index in [0.717, 1.165) is 33.9 Å². The zero-order valence-electron chi connectivity index (χ0n) is 21.9. The highest BCUT2D eigenvalue weighted by Gasteiger charge is 2.43. The molecule has 5 rings (SSSR count). The Bertz CT molecular complexity index is 1480. The molecule has 1 aliphatic heterocycles. The Hall–Kier alpha value is -3.86. The van der Waals surface area contributed by atoms with Crippen LogP contribution in [0.3, 0.4) is 0 Å². The Morgan fingerprint density at radius 1 is 0.972 bits per heavy atom. The van der Waals surface area contributed by atoms with Crippen molar-refractivity contribution in [3.8, 4) is 5.69 Å². The lowest BCUT2D eigenvalue weighted by molar-refractivity contribution is -0.136. The third-order valence-corrected chi connectivity index (χ3v) is 7.43. The Labute approximate surface area is 212 Å². The summed E-state index contributed by atoms with van der Waals surface area (Å²) < 4.78 is 7.40. The van der Waals surface area contributed by atoms with Gasteiger partial charge in [-0.25, -0.2) is 4.79 Å². The van der Waals surface area contributed by atoms with Gasteiger partial charge in [0, 0.05) is 39.5 Å². The van der Waals surface area contributed by atoms with Crippen LogP contribution in [0, 0.1) is 13.8 Å². The molecule has 1 N–H and O–H groups in total. The van der Waals surface area contributed by atoms with E-state index in [9.17, 15) is 9.59 Å². The molecule has 5 heteroatoms. The second-order valence-corrected chi connectivity index (χ2v) is 10.7. The van der Waals surface area contributed by atoms with Gasteiger partial charge in [-0.3, -0.25) is 4.79 Å². The molecule has 2 aliphatic rings. The number of nitrogens with zero attached hydrogens (tertiary/aromatic N) is 1. The number of rotatable bonds is 3. The molecule has 0 amide bonds. The summed E-state index contributed by atoms with van der Waals surface area (Å²) in [7, 11) is 1.38. The van der Waals surface area contributed by atoms with Crippen molar-refractivity contribution in [2.45, 2.75) is 52.9 Å². The second-order valence-electron chi connectivity index (χ2n) is 10.7. The summed E-state index contributed by atoms with van der Waals surface area (Å²) in [6.07, 6.45) is 0. The minimum Gasteiger partial charge on any atom is -0.466 e. The van der Waals surface area contributed by atoms with E-state index < -0.39 is 11.9 Å². The van der Waals surface area contributed by atoms with Crippen molar-refractivity contribution >= 4 is 17.4 Å². The molecule has 0 radical (unpaired) electrons. The standard InChI is InChI=1S/C31H32N2O3/c1-17-16-24(19(3)33(17)21-14-12-20(13-15-21)31(4,5)6)26-25(30(35)36-7)18(2)32-28-22-10-8-9-11-23(22)29(34)27(26)28/h8-16,26,32H,1-7H3/t26-/m1/s1. The molecule has 2 aromatic carbocycles. The van der Waals surface area contributed by atoms with Crippen LogP contribution in [0.15, 0.2) is 71.4 Å². The molecule has 0 bridgehead atoms. The van der Waals surface area contributed by atoms with Crippen LogP contribution in [0.5, 0.6) is 0 Å². The number of carbonyl (C=O) groups excluding carboxylic acids is 2. The normalized spacial score (nSPS) is 17.2. The maximum absolute atomic E-state index is 13.7. The van der Waals surface area contributed by atoms with E-state index in [2.05, 4.69) is 74.8 Å². The van der Waals surface area contributed by atoms with Crippen LogP contribution in [0.2, 0.25) is 0 Å². The summed E-state index contributed by atoms with van der Waals surface area (Å²) in [5, 5.41) is 3.35. The van der Waals surface area contributed by atoms with E-state index in [0.29, 0.717) is 22.4 Å². The summed E-state index contributed by atoms with van der Waals surface area (Å²) in [5.74, 6) is -1.01. The molecule has 1 aromatic heterocycles. The summed E-state index contributed by atoms with van der Waals surface area (Å²) in [6, 6.07) is 18.3. The number of benzene rings is 2. The lowest BCUT2D eigenvalue weighted by Crippen LogP contribution is -2.29. The third-order valence-electron chi connectivity index (χ3n) is 7.43. The van der Waals surface area contributed by atoms with Crippen molar-refractivity contribution in [2.24, 2.45) is 0 Å². The Kier molecular flexibility index (Phi) is 5.55. The monoisotopic (exact) mass is 480 g/mol. The van der Waals surface area contributed by atoms with Gasteiger partial charge in [0.2, 0.25) is 0 Å².